The lowest BCUT2D eigenvalue weighted by atomic mass is 9.95. The Morgan fingerprint density at radius 3 is 1.83 bits per heavy atom. The van der Waals surface area contributed by atoms with Crippen molar-refractivity contribution in [3.8, 4) is 0 Å². The minimum Gasteiger partial charge on any atom is -0.304 e. The minimum atomic E-state index is 0.718. The SMILES string of the molecule is C=C(CCCCCCCCCCN(CC)CCCC)C(C)CC. The lowest BCUT2D eigenvalue weighted by Gasteiger charge is -2.19. The van der Waals surface area contributed by atoms with E-state index >= 15 is 0 Å². The third kappa shape index (κ3) is 13.8. The number of hydrogen-bond acceptors (Lipinski definition) is 1. The number of nitrogens with zero attached hydrogens (tertiary/aromatic N) is 1. The van der Waals surface area contributed by atoms with Gasteiger partial charge in [0.05, 0.1) is 0 Å². The van der Waals surface area contributed by atoms with Crippen LogP contribution in [0.3, 0.4) is 0 Å². The van der Waals surface area contributed by atoms with E-state index in [1.54, 1.807) is 0 Å². The molecule has 0 fully saturated rings. The van der Waals surface area contributed by atoms with Gasteiger partial charge in [-0.25, -0.2) is 0 Å². The monoisotopic (exact) mass is 323 g/mol. The Labute approximate surface area is 147 Å². The van der Waals surface area contributed by atoms with E-state index in [1.165, 1.54) is 102 Å². The highest BCUT2D eigenvalue weighted by molar-refractivity contribution is 4.98. The second-order valence-electron chi connectivity index (χ2n) is 7.33. The number of allylic oxidation sites excluding steroid dienone is 1. The molecule has 0 bridgehead atoms. The second-order valence-corrected chi connectivity index (χ2v) is 7.33. The van der Waals surface area contributed by atoms with E-state index in [9.17, 15) is 0 Å². The van der Waals surface area contributed by atoms with Crippen molar-refractivity contribution in [2.45, 2.75) is 105 Å². The first kappa shape index (κ1) is 22.7. The van der Waals surface area contributed by atoms with Gasteiger partial charge in [-0.15, -0.1) is 0 Å². The largest absolute Gasteiger partial charge is 0.304 e. The van der Waals surface area contributed by atoms with Crippen molar-refractivity contribution in [1.29, 1.82) is 0 Å². The van der Waals surface area contributed by atoms with Gasteiger partial charge in [-0.3, -0.25) is 0 Å². The fraction of sp³-hybridized carbons (Fsp3) is 0.909. The Morgan fingerprint density at radius 1 is 0.783 bits per heavy atom. The summed E-state index contributed by atoms with van der Waals surface area (Å²) in [5, 5.41) is 0. The number of hydrogen-bond donors (Lipinski definition) is 0. The van der Waals surface area contributed by atoms with E-state index in [0.29, 0.717) is 0 Å². The molecule has 0 aromatic heterocycles. The zero-order valence-corrected chi connectivity index (χ0v) is 16.8. The zero-order chi connectivity index (χ0) is 17.3. The van der Waals surface area contributed by atoms with Crippen LogP contribution in [-0.4, -0.2) is 24.5 Å². The molecular formula is C22H45N. The molecule has 1 nitrogen and oxygen atoms in total. The first-order valence-electron chi connectivity index (χ1n) is 10.6. The van der Waals surface area contributed by atoms with Crippen LogP contribution in [0, 0.1) is 5.92 Å². The molecule has 138 valence electrons. The summed E-state index contributed by atoms with van der Waals surface area (Å²) >= 11 is 0. The van der Waals surface area contributed by atoms with Gasteiger partial charge in [-0.2, -0.15) is 0 Å². The van der Waals surface area contributed by atoms with Crippen molar-refractivity contribution in [3.05, 3.63) is 12.2 Å². The Hall–Kier alpha value is -0.300. The van der Waals surface area contributed by atoms with Crippen molar-refractivity contribution >= 4 is 0 Å². The summed E-state index contributed by atoms with van der Waals surface area (Å²) < 4.78 is 0. The van der Waals surface area contributed by atoms with Crippen molar-refractivity contribution in [3.63, 3.8) is 0 Å². The molecule has 0 aliphatic carbocycles. The van der Waals surface area contributed by atoms with E-state index in [1.807, 2.05) is 0 Å². The topological polar surface area (TPSA) is 3.24 Å². The van der Waals surface area contributed by atoms with E-state index in [-0.39, 0.29) is 0 Å². The van der Waals surface area contributed by atoms with Gasteiger partial charge in [0, 0.05) is 0 Å². The van der Waals surface area contributed by atoms with Crippen LogP contribution < -0.4 is 0 Å². The molecule has 1 atom stereocenters. The summed E-state index contributed by atoms with van der Waals surface area (Å²) in [6, 6.07) is 0. The maximum Gasteiger partial charge on any atom is -0.00189 e. The van der Waals surface area contributed by atoms with Crippen LogP contribution in [0.4, 0.5) is 0 Å². The van der Waals surface area contributed by atoms with Crippen LogP contribution in [0.15, 0.2) is 12.2 Å². The van der Waals surface area contributed by atoms with Crippen LogP contribution in [0.2, 0.25) is 0 Å². The summed E-state index contributed by atoms with van der Waals surface area (Å²) in [7, 11) is 0. The van der Waals surface area contributed by atoms with E-state index in [4.69, 9.17) is 0 Å². The van der Waals surface area contributed by atoms with Gasteiger partial charge < -0.3 is 4.90 Å². The standard InChI is InChI=1S/C22H45N/c1-6-9-19-23(8-3)20-17-15-13-11-10-12-14-16-18-22(5)21(4)7-2/h21H,5-20H2,1-4H3. The fourth-order valence-electron chi connectivity index (χ4n) is 3.09. The first-order valence-corrected chi connectivity index (χ1v) is 10.6. The third-order valence-electron chi connectivity index (χ3n) is 5.31. The molecule has 0 aliphatic rings. The van der Waals surface area contributed by atoms with Crippen LogP contribution in [0.5, 0.6) is 0 Å². The molecule has 0 saturated carbocycles. The van der Waals surface area contributed by atoms with Crippen LogP contribution in [0.25, 0.3) is 0 Å². The van der Waals surface area contributed by atoms with Crippen molar-refractivity contribution in [2.24, 2.45) is 5.92 Å². The molecule has 0 amide bonds. The summed E-state index contributed by atoms with van der Waals surface area (Å²) in [5.41, 5.74) is 1.47. The minimum absolute atomic E-state index is 0.718. The van der Waals surface area contributed by atoms with Crippen molar-refractivity contribution < 1.29 is 0 Å². The highest BCUT2D eigenvalue weighted by Crippen LogP contribution is 2.19. The highest BCUT2D eigenvalue weighted by atomic mass is 15.1. The van der Waals surface area contributed by atoms with Crippen LogP contribution in [0.1, 0.15) is 105 Å². The normalized spacial score (nSPS) is 12.7. The average molecular weight is 324 g/mol. The lowest BCUT2D eigenvalue weighted by molar-refractivity contribution is 0.276. The van der Waals surface area contributed by atoms with E-state index < -0.39 is 0 Å². The molecule has 1 unspecified atom stereocenters. The average Bonchev–Trinajstić information content (AvgIpc) is 2.58. The quantitative estimate of drug-likeness (QED) is 0.202. The van der Waals surface area contributed by atoms with Gasteiger partial charge in [0.1, 0.15) is 0 Å². The molecule has 0 rings (SSSR count). The van der Waals surface area contributed by atoms with Gasteiger partial charge in [-0.05, 0) is 57.7 Å². The van der Waals surface area contributed by atoms with Gasteiger partial charge in [0.2, 0.25) is 0 Å². The lowest BCUT2D eigenvalue weighted by Crippen LogP contribution is -2.25. The molecule has 0 aromatic rings. The van der Waals surface area contributed by atoms with Crippen LogP contribution in [-0.2, 0) is 0 Å². The molecule has 23 heavy (non-hydrogen) atoms. The molecule has 0 saturated heterocycles. The maximum absolute atomic E-state index is 4.23. The van der Waals surface area contributed by atoms with Crippen molar-refractivity contribution in [1.82, 2.24) is 4.90 Å². The Morgan fingerprint density at radius 2 is 1.30 bits per heavy atom. The Kier molecular flexibility index (Phi) is 16.3. The number of rotatable bonds is 17. The predicted molar refractivity (Wildman–Crippen MR) is 107 cm³/mol. The zero-order valence-electron chi connectivity index (χ0n) is 16.8. The molecule has 0 radical (unpaired) electrons. The van der Waals surface area contributed by atoms with Gasteiger partial charge in [-0.1, -0.05) is 84.8 Å². The predicted octanol–water partition coefficient (Wildman–Crippen LogP) is 7.22. The highest BCUT2D eigenvalue weighted by Gasteiger charge is 2.03. The summed E-state index contributed by atoms with van der Waals surface area (Å²) in [6.45, 7) is 17.2. The maximum atomic E-state index is 4.23. The van der Waals surface area contributed by atoms with E-state index in [0.717, 1.165) is 5.92 Å². The molecular weight excluding hydrogens is 278 g/mol. The molecule has 0 aliphatic heterocycles. The van der Waals surface area contributed by atoms with Gasteiger partial charge in [0.15, 0.2) is 0 Å². The molecule has 0 aromatic carbocycles. The van der Waals surface area contributed by atoms with Crippen molar-refractivity contribution in [2.75, 3.05) is 19.6 Å². The van der Waals surface area contributed by atoms with E-state index in [2.05, 4.69) is 39.2 Å². The second kappa shape index (κ2) is 16.6. The summed E-state index contributed by atoms with van der Waals surface area (Å²) in [4.78, 5) is 2.62. The Bertz CT molecular complexity index is 259. The molecule has 0 spiro atoms. The summed E-state index contributed by atoms with van der Waals surface area (Å²) in [6.07, 6.45) is 16.5. The number of unbranched alkanes of at least 4 members (excludes halogenated alkanes) is 8. The van der Waals surface area contributed by atoms with Gasteiger partial charge in [0.25, 0.3) is 0 Å². The summed E-state index contributed by atoms with van der Waals surface area (Å²) in [5.74, 6) is 0.718. The van der Waals surface area contributed by atoms with Gasteiger partial charge >= 0.3 is 0 Å². The fourth-order valence-corrected chi connectivity index (χ4v) is 3.09. The smallest absolute Gasteiger partial charge is 0.00189 e. The molecule has 0 N–H and O–H groups in total. The third-order valence-corrected chi connectivity index (χ3v) is 5.31. The van der Waals surface area contributed by atoms with Crippen LogP contribution >= 0.6 is 0 Å². The molecule has 0 heterocycles. The first-order chi connectivity index (χ1) is 11.2. The molecule has 1 heteroatoms. The Balaban J connectivity index is 3.31.